The van der Waals surface area contributed by atoms with E-state index in [4.69, 9.17) is 0 Å². The zero-order valence-corrected chi connectivity index (χ0v) is 13.9. The van der Waals surface area contributed by atoms with Crippen LogP contribution in [0.2, 0.25) is 0 Å². The zero-order chi connectivity index (χ0) is 17.6. The molecule has 0 saturated carbocycles. The van der Waals surface area contributed by atoms with E-state index >= 15 is 0 Å². The minimum atomic E-state index is -0.304. The third-order valence-corrected chi connectivity index (χ3v) is 3.91. The van der Waals surface area contributed by atoms with Crippen LogP contribution in [0, 0.1) is 5.82 Å². The molecule has 0 aliphatic carbocycles. The Morgan fingerprint density at radius 2 is 2.00 bits per heavy atom. The molecule has 0 aliphatic rings. The maximum absolute atomic E-state index is 13.1. The van der Waals surface area contributed by atoms with Gasteiger partial charge in [-0.3, -0.25) is 9.78 Å². The molecule has 0 bridgehead atoms. The van der Waals surface area contributed by atoms with Gasteiger partial charge in [0.1, 0.15) is 5.82 Å². The second kappa shape index (κ2) is 7.70. The first-order valence-corrected chi connectivity index (χ1v) is 8.20. The molecule has 6 heteroatoms. The molecule has 0 fully saturated rings. The number of amides is 1. The van der Waals surface area contributed by atoms with Gasteiger partial charge in [-0.1, -0.05) is 13.0 Å². The minimum absolute atomic E-state index is 0.166. The van der Waals surface area contributed by atoms with Crippen LogP contribution < -0.4 is 5.32 Å². The molecule has 0 unspecified atom stereocenters. The molecule has 1 N–H and O–H groups in total. The van der Waals surface area contributed by atoms with Gasteiger partial charge in [-0.25, -0.2) is 9.07 Å². The van der Waals surface area contributed by atoms with E-state index in [9.17, 15) is 9.18 Å². The van der Waals surface area contributed by atoms with E-state index in [1.807, 2.05) is 25.1 Å². The maximum atomic E-state index is 13.1. The molecule has 0 spiro atoms. The quantitative estimate of drug-likeness (QED) is 0.752. The van der Waals surface area contributed by atoms with E-state index in [1.54, 1.807) is 29.2 Å². The van der Waals surface area contributed by atoms with Gasteiger partial charge in [0, 0.05) is 24.9 Å². The largest absolute Gasteiger partial charge is 0.352 e. The summed E-state index contributed by atoms with van der Waals surface area (Å²) in [5.74, 6) is -0.470. The highest BCUT2D eigenvalue weighted by Gasteiger charge is 2.16. The van der Waals surface area contributed by atoms with Crippen molar-refractivity contribution in [2.45, 2.75) is 19.8 Å². The molecule has 5 nitrogen and oxygen atoms in total. The van der Waals surface area contributed by atoms with E-state index in [-0.39, 0.29) is 11.7 Å². The molecule has 0 atom stereocenters. The predicted octanol–water partition coefficient (Wildman–Crippen LogP) is 2.94. The van der Waals surface area contributed by atoms with E-state index < -0.39 is 0 Å². The molecule has 3 rings (SSSR count). The lowest BCUT2D eigenvalue weighted by Gasteiger charge is -2.08. The monoisotopic (exact) mass is 338 g/mol. The molecule has 1 amide bonds. The molecule has 0 aliphatic heterocycles. The van der Waals surface area contributed by atoms with Gasteiger partial charge >= 0.3 is 0 Å². The van der Waals surface area contributed by atoms with Crippen molar-refractivity contribution in [1.29, 1.82) is 0 Å². The van der Waals surface area contributed by atoms with Gasteiger partial charge in [-0.2, -0.15) is 5.10 Å². The highest BCUT2D eigenvalue weighted by molar-refractivity contribution is 5.95. The highest BCUT2D eigenvalue weighted by Crippen LogP contribution is 2.16. The van der Waals surface area contributed by atoms with Crippen LogP contribution >= 0.6 is 0 Å². The lowest BCUT2D eigenvalue weighted by molar-refractivity contribution is 0.0953. The summed E-state index contributed by atoms with van der Waals surface area (Å²) in [5, 5.41) is 7.20. The molecular weight excluding hydrogens is 319 g/mol. The Kier molecular flexibility index (Phi) is 5.18. The molecule has 3 aromatic rings. The predicted molar refractivity (Wildman–Crippen MR) is 93.2 cm³/mol. The van der Waals surface area contributed by atoms with Crippen LogP contribution in [0.15, 0.2) is 54.9 Å². The Hall–Kier alpha value is -3.02. The number of halogens is 1. The van der Waals surface area contributed by atoms with Gasteiger partial charge in [-0.15, -0.1) is 0 Å². The lowest BCUT2D eigenvalue weighted by atomic mass is 10.2. The summed E-state index contributed by atoms with van der Waals surface area (Å²) in [6.45, 7) is 2.46. The van der Waals surface area contributed by atoms with Gasteiger partial charge in [-0.05, 0) is 42.8 Å². The number of carbonyl (C=O) groups excluding carboxylic acids is 1. The van der Waals surface area contributed by atoms with E-state index in [1.165, 1.54) is 12.1 Å². The second-order valence-electron chi connectivity index (χ2n) is 5.57. The number of carbonyl (C=O) groups is 1. The molecule has 0 saturated heterocycles. The average Bonchev–Trinajstić information content (AvgIpc) is 3.07. The smallest absolute Gasteiger partial charge is 0.254 e. The molecule has 1 aromatic carbocycles. The van der Waals surface area contributed by atoms with Crippen LogP contribution in [-0.4, -0.2) is 27.2 Å². The van der Waals surface area contributed by atoms with Gasteiger partial charge in [0.25, 0.3) is 5.91 Å². The van der Waals surface area contributed by atoms with Crippen LogP contribution in [0.3, 0.4) is 0 Å². The van der Waals surface area contributed by atoms with Crippen molar-refractivity contribution < 1.29 is 9.18 Å². The van der Waals surface area contributed by atoms with Crippen LogP contribution in [0.4, 0.5) is 4.39 Å². The fraction of sp³-hybridized carbons (Fsp3) is 0.211. The van der Waals surface area contributed by atoms with E-state index in [0.29, 0.717) is 24.9 Å². The standard InChI is InChI=1S/C19H19FN4O/c1-2-18-17(13-23-24(18)16-8-6-14(20)7-9-16)19(25)22-12-10-15-5-3-4-11-21-15/h3-9,11,13H,2,10,12H2,1H3,(H,22,25). The Balaban J connectivity index is 1.71. The van der Waals surface area contributed by atoms with Crippen molar-refractivity contribution in [3.63, 3.8) is 0 Å². The van der Waals surface area contributed by atoms with Crippen molar-refractivity contribution in [1.82, 2.24) is 20.1 Å². The highest BCUT2D eigenvalue weighted by atomic mass is 19.1. The summed E-state index contributed by atoms with van der Waals surface area (Å²) in [4.78, 5) is 16.7. The number of aromatic nitrogens is 3. The van der Waals surface area contributed by atoms with E-state index in [0.717, 1.165) is 17.1 Å². The number of benzene rings is 1. The number of pyridine rings is 1. The van der Waals surface area contributed by atoms with Gasteiger partial charge in [0.05, 0.1) is 23.1 Å². The number of hydrogen-bond donors (Lipinski definition) is 1. The van der Waals surface area contributed by atoms with Crippen LogP contribution in [-0.2, 0) is 12.8 Å². The number of rotatable bonds is 6. The zero-order valence-electron chi connectivity index (χ0n) is 13.9. The third-order valence-electron chi connectivity index (χ3n) is 3.91. The summed E-state index contributed by atoms with van der Waals surface area (Å²) < 4.78 is 14.8. The molecular formula is C19H19FN4O. The number of nitrogens with zero attached hydrogens (tertiary/aromatic N) is 3. The first-order chi connectivity index (χ1) is 12.2. The van der Waals surface area contributed by atoms with Crippen molar-refractivity contribution in [3.05, 3.63) is 77.6 Å². The average molecular weight is 338 g/mol. The van der Waals surface area contributed by atoms with Gasteiger partial charge < -0.3 is 5.32 Å². The summed E-state index contributed by atoms with van der Waals surface area (Å²) in [5.41, 5.74) is 2.99. The Bertz CT molecular complexity index is 844. The summed E-state index contributed by atoms with van der Waals surface area (Å²) >= 11 is 0. The van der Waals surface area contributed by atoms with E-state index in [2.05, 4.69) is 15.4 Å². The first kappa shape index (κ1) is 16.8. The van der Waals surface area contributed by atoms with Crippen LogP contribution in [0.5, 0.6) is 0 Å². The summed E-state index contributed by atoms with van der Waals surface area (Å²) in [7, 11) is 0. The number of nitrogens with one attached hydrogen (secondary N) is 1. The second-order valence-corrected chi connectivity index (χ2v) is 5.57. The Labute approximate surface area is 145 Å². The van der Waals surface area contributed by atoms with Crippen molar-refractivity contribution in [2.24, 2.45) is 0 Å². The fourth-order valence-corrected chi connectivity index (χ4v) is 2.65. The van der Waals surface area contributed by atoms with Gasteiger partial charge in [0.2, 0.25) is 0 Å². The first-order valence-electron chi connectivity index (χ1n) is 8.20. The molecule has 2 heterocycles. The van der Waals surface area contributed by atoms with Crippen molar-refractivity contribution >= 4 is 5.91 Å². The fourth-order valence-electron chi connectivity index (χ4n) is 2.65. The van der Waals surface area contributed by atoms with Crippen LogP contribution in [0.25, 0.3) is 5.69 Å². The maximum Gasteiger partial charge on any atom is 0.254 e. The minimum Gasteiger partial charge on any atom is -0.352 e. The molecule has 2 aromatic heterocycles. The van der Waals surface area contributed by atoms with Crippen LogP contribution in [0.1, 0.15) is 28.7 Å². The molecule has 0 radical (unpaired) electrons. The number of hydrogen-bond acceptors (Lipinski definition) is 3. The SMILES string of the molecule is CCc1c(C(=O)NCCc2ccccn2)cnn1-c1ccc(F)cc1. The molecule has 25 heavy (non-hydrogen) atoms. The lowest BCUT2D eigenvalue weighted by Crippen LogP contribution is -2.26. The van der Waals surface area contributed by atoms with Crippen molar-refractivity contribution in [3.8, 4) is 5.69 Å². The summed E-state index contributed by atoms with van der Waals surface area (Å²) in [6, 6.07) is 11.8. The topological polar surface area (TPSA) is 59.8 Å². The third kappa shape index (κ3) is 3.91. The van der Waals surface area contributed by atoms with Crippen molar-refractivity contribution in [2.75, 3.05) is 6.54 Å². The molecule has 128 valence electrons. The normalized spacial score (nSPS) is 10.6. The Morgan fingerprint density at radius 1 is 1.20 bits per heavy atom. The summed E-state index contributed by atoms with van der Waals surface area (Å²) in [6.07, 6.45) is 4.60. The Morgan fingerprint density at radius 3 is 2.68 bits per heavy atom. The van der Waals surface area contributed by atoms with Gasteiger partial charge in [0.15, 0.2) is 0 Å².